The van der Waals surface area contributed by atoms with E-state index in [9.17, 15) is 4.79 Å². The van der Waals surface area contributed by atoms with E-state index in [1.165, 1.54) is 6.92 Å². The Labute approximate surface area is 206 Å². The van der Waals surface area contributed by atoms with Crippen LogP contribution in [0.25, 0.3) is 0 Å². The molecule has 0 bridgehead atoms. The molecule has 0 radical (unpaired) electrons. The lowest BCUT2D eigenvalue weighted by atomic mass is 9.85. The summed E-state index contributed by atoms with van der Waals surface area (Å²) in [5.41, 5.74) is 4.33. The second kappa shape index (κ2) is 9.72. The Morgan fingerprint density at radius 2 is 1.72 bits per heavy atom. The van der Waals surface area contributed by atoms with Crippen molar-refractivity contribution in [3.63, 3.8) is 0 Å². The third-order valence-corrected chi connectivity index (χ3v) is 6.64. The summed E-state index contributed by atoms with van der Waals surface area (Å²) in [4.78, 5) is 17.4. The van der Waals surface area contributed by atoms with Crippen molar-refractivity contribution in [3.8, 4) is 0 Å². The van der Waals surface area contributed by atoms with Gasteiger partial charge >= 0.3 is 0 Å². The van der Waals surface area contributed by atoms with Gasteiger partial charge in [-0.25, -0.2) is 0 Å². The molecule has 1 heterocycles. The minimum Gasteiger partial charge on any atom is -0.394 e. The van der Waals surface area contributed by atoms with Crippen molar-refractivity contribution in [1.29, 1.82) is 0 Å². The van der Waals surface area contributed by atoms with E-state index in [1.807, 2.05) is 30.3 Å². The predicted octanol–water partition coefficient (Wildman–Crippen LogP) is 7.37. The molecule has 1 unspecified atom stereocenters. The predicted molar refractivity (Wildman–Crippen MR) is 132 cm³/mol. The van der Waals surface area contributed by atoms with Crippen LogP contribution in [0.15, 0.2) is 59.8 Å². The van der Waals surface area contributed by atoms with Gasteiger partial charge < -0.3 is 10.2 Å². The second-order valence-electron chi connectivity index (χ2n) is 7.38. The van der Waals surface area contributed by atoms with Gasteiger partial charge in [0.25, 0.3) is 0 Å². The average molecular weight is 508 g/mol. The number of benzene rings is 3. The third-order valence-electron chi connectivity index (χ3n) is 5.20. The molecule has 1 amide bonds. The fraction of sp³-hybridized carbons (Fsp3) is 0.167. The molecule has 0 aromatic heterocycles. The number of amides is 1. The van der Waals surface area contributed by atoms with Crippen LogP contribution in [0, 0.1) is 0 Å². The van der Waals surface area contributed by atoms with Gasteiger partial charge in [-0.3, -0.25) is 4.79 Å². The summed E-state index contributed by atoms with van der Waals surface area (Å²) in [5.74, 6) is -0.598. The number of rotatable bonds is 5. The van der Waals surface area contributed by atoms with Crippen molar-refractivity contribution in [2.75, 3.05) is 11.9 Å². The number of hydrogen-bond donors (Lipinski definition) is 1. The van der Waals surface area contributed by atoms with Gasteiger partial charge in [0.05, 0.1) is 26.0 Å². The van der Waals surface area contributed by atoms with Crippen LogP contribution >= 0.6 is 46.4 Å². The number of carbonyl (C=O) groups excluding carboxylic acids is 1. The van der Waals surface area contributed by atoms with Gasteiger partial charge in [0, 0.05) is 18.2 Å². The Morgan fingerprint density at radius 1 is 1.03 bits per heavy atom. The summed E-state index contributed by atoms with van der Waals surface area (Å²) in [6.07, 6.45) is 0.517. The lowest BCUT2D eigenvalue weighted by Crippen LogP contribution is -2.18. The minimum atomic E-state index is -0.384. The number of nitrogens with zero attached hydrogens (tertiary/aromatic N) is 1. The zero-order chi connectivity index (χ0) is 22.8. The summed E-state index contributed by atoms with van der Waals surface area (Å²) in [7, 11) is 0. The molecule has 3 aromatic rings. The topological polar surface area (TPSA) is 50.7 Å². The van der Waals surface area contributed by atoms with E-state index >= 15 is 0 Å². The average Bonchev–Trinajstić information content (AvgIpc) is 3.21. The van der Waals surface area contributed by atoms with E-state index in [0.717, 1.165) is 16.7 Å². The molecule has 0 saturated heterocycles. The van der Waals surface area contributed by atoms with Gasteiger partial charge in [-0.2, -0.15) is 0 Å². The summed E-state index contributed by atoms with van der Waals surface area (Å²) in [5, 5.41) is 8.74. The molecular weight excluding hydrogens is 490 g/mol. The summed E-state index contributed by atoms with van der Waals surface area (Å²) < 4.78 is 0. The normalized spacial score (nSPS) is 15.3. The maximum absolute atomic E-state index is 12.0. The molecule has 4 rings (SSSR count). The van der Waals surface area contributed by atoms with Crippen molar-refractivity contribution < 1.29 is 9.63 Å². The standard InChI is InChI=1S/C24H18Cl4N2O2/c1-13(31)29-20-11-19(27)23(28)21(15(20)10-14-6-3-2-4-7-14)16-12-32-30-24(16)22-17(25)8-5-9-18(22)26/h2-9,11,16H,10,12H2,1H3,(H,29,31). The molecule has 8 heteroatoms. The molecular formula is C24H18Cl4N2O2. The molecule has 164 valence electrons. The molecule has 3 aromatic carbocycles. The smallest absolute Gasteiger partial charge is 0.221 e. The van der Waals surface area contributed by atoms with Gasteiger partial charge in [-0.05, 0) is 41.3 Å². The maximum Gasteiger partial charge on any atom is 0.221 e. The lowest BCUT2D eigenvalue weighted by molar-refractivity contribution is -0.114. The molecule has 4 nitrogen and oxygen atoms in total. The van der Waals surface area contributed by atoms with E-state index in [4.69, 9.17) is 51.2 Å². The highest BCUT2D eigenvalue weighted by molar-refractivity contribution is 6.44. The van der Waals surface area contributed by atoms with Crippen molar-refractivity contribution in [2.24, 2.45) is 5.16 Å². The quantitative estimate of drug-likeness (QED) is 0.392. The number of oxime groups is 1. The van der Waals surface area contributed by atoms with Crippen LogP contribution in [0.3, 0.4) is 0 Å². The summed E-state index contributed by atoms with van der Waals surface area (Å²) in [6.45, 7) is 1.68. The highest BCUT2D eigenvalue weighted by Gasteiger charge is 2.34. The Bertz CT molecular complexity index is 1190. The van der Waals surface area contributed by atoms with Gasteiger partial charge in [0.2, 0.25) is 5.91 Å². The van der Waals surface area contributed by atoms with Crippen LogP contribution in [0.2, 0.25) is 20.1 Å². The molecule has 0 spiro atoms. The first-order chi connectivity index (χ1) is 15.4. The van der Waals surface area contributed by atoms with Crippen molar-refractivity contribution >= 4 is 63.7 Å². The molecule has 32 heavy (non-hydrogen) atoms. The Morgan fingerprint density at radius 3 is 2.38 bits per heavy atom. The highest BCUT2D eigenvalue weighted by atomic mass is 35.5. The van der Waals surface area contributed by atoms with Crippen molar-refractivity contribution in [3.05, 3.63) is 96.9 Å². The van der Waals surface area contributed by atoms with Crippen LogP contribution in [-0.2, 0) is 16.1 Å². The Balaban J connectivity index is 1.91. The zero-order valence-electron chi connectivity index (χ0n) is 17.0. The van der Waals surface area contributed by atoms with Gasteiger partial charge in [0.15, 0.2) is 0 Å². The van der Waals surface area contributed by atoms with E-state index in [1.54, 1.807) is 24.3 Å². The van der Waals surface area contributed by atoms with Gasteiger partial charge in [-0.1, -0.05) is 88.0 Å². The number of anilines is 1. The molecule has 0 aliphatic carbocycles. The fourth-order valence-electron chi connectivity index (χ4n) is 3.84. The Kier molecular flexibility index (Phi) is 6.96. The first-order valence-electron chi connectivity index (χ1n) is 9.83. The summed E-state index contributed by atoms with van der Waals surface area (Å²) in [6, 6.07) is 16.8. The minimum absolute atomic E-state index is 0.214. The van der Waals surface area contributed by atoms with E-state index in [2.05, 4.69) is 10.5 Å². The Hall–Kier alpha value is -2.24. The molecule has 0 saturated carbocycles. The van der Waals surface area contributed by atoms with Crippen LogP contribution in [0.4, 0.5) is 5.69 Å². The zero-order valence-corrected chi connectivity index (χ0v) is 20.0. The number of halogens is 4. The monoisotopic (exact) mass is 506 g/mol. The van der Waals surface area contributed by atoms with Crippen LogP contribution < -0.4 is 5.32 Å². The van der Waals surface area contributed by atoms with Crippen molar-refractivity contribution in [2.45, 2.75) is 19.3 Å². The molecule has 0 fully saturated rings. The SMILES string of the molecule is CC(=O)Nc1cc(Cl)c(Cl)c(C2CON=C2c2c(Cl)cccc2Cl)c1Cc1ccccc1. The number of carbonyl (C=O) groups is 1. The second-order valence-corrected chi connectivity index (χ2v) is 8.98. The van der Waals surface area contributed by atoms with Crippen LogP contribution in [0.5, 0.6) is 0 Å². The van der Waals surface area contributed by atoms with E-state index in [-0.39, 0.29) is 18.4 Å². The van der Waals surface area contributed by atoms with E-state index in [0.29, 0.717) is 43.5 Å². The largest absolute Gasteiger partial charge is 0.394 e. The summed E-state index contributed by atoms with van der Waals surface area (Å²) >= 11 is 26.2. The molecule has 1 N–H and O–H groups in total. The number of hydrogen-bond acceptors (Lipinski definition) is 3. The molecule has 1 aliphatic rings. The lowest BCUT2D eigenvalue weighted by Gasteiger charge is -2.23. The maximum atomic E-state index is 12.0. The van der Waals surface area contributed by atoms with Crippen molar-refractivity contribution in [1.82, 2.24) is 0 Å². The number of nitrogens with one attached hydrogen (secondary N) is 1. The molecule has 1 atom stereocenters. The first-order valence-corrected chi connectivity index (χ1v) is 11.3. The van der Waals surface area contributed by atoms with Gasteiger partial charge in [0.1, 0.15) is 12.3 Å². The first kappa shape index (κ1) is 22.9. The van der Waals surface area contributed by atoms with Gasteiger partial charge in [-0.15, -0.1) is 0 Å². The fourth-order valence-corrected chi connectivity index (χ4v) is 4.95. The molecule has 1 aliphatic heterocycles. The highest BCUT2D eigenvalue weighted by Crippen LogP contribution is 2.43. The van der Waals surface area contributed by atoms with Crippen LogP contribution in [0.1, 0.15) is 35.1 Å². The van der Waals surface area contributed by atoms with E-state index < -0.39 is 0 Å². The third kappa shape index (κ3) is 4.60. The van der Waals surface area contributed by atoms with Crippen LogP contribution in [-0.4, -0.2) is 18.2 Å².